The molecule has 10 heavy (non-hydrogen) atoms. The average Bonchev–Trinajstić information content (AvgIpc) is 1.97. The molecule has 0 N–H and O–H groups in total. The van der Waals surface area contributed by atoms with Crippen LogP contribution in [-0.4, -0.2) is 11.1 Å². The van der Waals surface area contributed by atoms with Crippen LogP contribution in [0.15, 0.2) is 0 Å². The maximum absolute atomic E-state index is 11.6. The molecule has 0 radical (unpaired) electrons. The molecular formula is C8H16FI. The minimum Gasteiger partial charge on any atom is -0.251 e. The number of rotatable bonds is 7. The molecule has 0 aromatic carbocycles. The Bertz CT molecular complexity index is 49.2. The lowest BCUT2D eigenvalue weighted by Crippen LogP contribution is -1.81. The first-order chi connectivity index (χ1) is 4.91. The molecule has 0 saturated heterocycles. The van der Waals surface area contributed by atoms with Crippen molar-refractivity contribution in [1.29, 1.82) is 0 Å². The van der Waals surface area contributed by atoms with Crippen molar-refractivity contribution in [2.75, 3.05) is 11.1 Å². The van der Waals surface area contributed by atoms with Crippen molar-refractivity contribution in [2.45, 2.75) is 38.5 Å². The highest BCUT2D eigenvalue weighted by molar-refractivity contribution is 14.1. The first-order valence-electron chi connectivity index (χ1n) is 4.03. The van der Waals surface area contributed by atoms with Crippen LogP contribution in [0.5, 0.6) is 0 Å². The summed E-state index contributed by atoms with van der Waals surface area (Å²) < 4.78 is 12.8. The van der Waals surface area contributed by atoms with E-state index in [2.05, 4.69) is 22.6 Å². The largest absolute Gasteiger partial charge is 0.251 e. The van der Waals surface area contributed by atoms with E-state index < -0.39 is 0 Å². The van der Waals surface area contributed by atoms with Gasteiger partial charge in [-0.15, -0.1) is 0 Å². The van der Waals surface area contributed by atoms with Gasteiger partial charge >= 0.3 is 0 Å². The molecule has 0 unspecified atom stereocenters. The molecule has 0 nitrogen and oxygen atoms in total. The number of hydrogen-bond acceptors (Lipinski definition) is 0. The first-order valence-corrected chi connectivity index (χ1v) is 5.56. The van der Waals surface area contributed by atoms with Gasteiger partial charge in [0.1, 0.15) is 0 Å². The molecule has 0 aliphatic heterocycles. The Balaban J connectivity index is 2.65. The van der Waals surface area contributed by atoms with Crippen LogP contribution in [0.3, 0.4) is 0 Å². The fraction of sp³-hybridized carbons (Fsp3) is 1.00. The topological polar surface area (TPSA) is 0 Å². The fourth-order valence-corrected chi connectivity index (χ4v) is 1.44. The molecule has 0 rings (SSSR count). The zero-order valence-corrected chi connectivity index (χ0v) is 8.57. The van der Waals surface area contributed by atoms with Crippen LogP contribution in [0.4, 0.5) is 4.39 Å². The van der Waals surface area contributed by atoms with Crippen LogP contribution in [0, 0.1) is 0 Å². The molecule has 0 heterocycles. The van der Waals surface area contributed by atoms with E-state index in [1.807, 2.05) is 0 Å². The highest BCUT2D eigenvalue weighted by Gasteiger charge is 1.88. The van der Waals surface area contributed by atoms with Crippen molar-refractivity contribution in [1.82, 2.24) is 0 Å². The Morgan fingerprint density at radius 1 is 0.800 bits per heavy atom. The second-order valence-corrected chi connectivity index (χ2v) is 3.58. The molecule has 62 valence electrons. The summed E-state index contributed by atoms with van der Waals surface area (Å²) in [7, 11) is 0. The van der Waals surface area contributed by atoms with Crippen LogP contribution < -0.4 is 0 Å². The Labute approximate surface area is 76.7 Å². The summed E-state index contributed by atoms with van der Waals surface area (Å²) in [6.07, 6.45) is 7.02. The normalized spacial score (nSPS) is 10.2. The van der Waals surface area contributed by atoms with Crippen molar-refractivity contribution in [3.05, 3.63) is 0 Å². The van der Waals surface area contributed by atoms with Gasteiger partial charge in [-0.25, -0.2) is 0 Å². The SMILES string of the molecule is FCCCCCCCCI. The monoisotopic (exact) mass is 258 g/mol. The van der Waals surface area contributed by atoms with Gasteiger partial charge in [0.2, 0.25) is 0 Å². The molecule has 0 saturated carbocycles. The quantitative estimate of drug-likeness (QED) is 0.371. The standard InChI is InChI=1S/C8H16FI/c9-7-5-3-1-2-4-6-8-10/h1-8H2. The minimum absolute atomic E-state index is 0.133. The van der Waals surface area contributed by atoms with Crippen molar-refractivity contribution in [3.8, 4) is 0 Å². The van der Waals surface area contributed by atoms with Gasteiger partial charge in [-0.3, -0.25) is 4.39 Å². The second-order valence-electron chi connectivity index (χ2n) is 2.50. The predicted molar refractivity (Wildman–Crippen MR) is 52.6 cm³/mol. The highest BCUT2D eigenvalue weighted by atomic mass is 127. The summed E-state index contributed by atoms with van der Waals surface area (Å²) >= 11 is 2.40. The summed E-state index contributed by atoms with van der Waals surface area (Å²) in [5, 5.41) is 0. The molecular weight excluding hydrogens is 242 g/mol. The molecule has 0 aliphatic rings. The molecule has 0 aromatic rings. The zero-order valence-electron chi connectivity index (χ0n) is 6.41. The Kier molecular flexibility index (Phi) is 10.3. The van der Waals surface area contributed by atoms with Crippen molar-refractivity contribution >= 4 is 22.6 Å². The summed E-state index contributed by atoms with van der Waals surface area (Å²) in [4.78, 5) is 0. The van der Waals surface area contributed by atoms with Crippen molar-refractivity contribution in [2.24, 2.45) is 0 Å². The summed E-state index contributed by atoms with van der Waals surface area (Å²) in [6, 6.07) is 0. The third-order valence-corrected chi connectivity index (χ3v) is 2.28. The van der Waals surface area contributed by atoms with E-state index in [0.29, 0.717) is 0 Å². The average molecular weight is 258 g/mol. The number of unbranched alkanes of at least 4 members (excludes halogenated alkanes) is 5. The smallest absolute Gasteiger partial charge is 0.0894 e. The van der Waals surface area contributed by atoms with Gasteiger partial charge in [-0.1, -0.05) is 48.3 Å². The van der Waals surface area contributed by atoms with Crippen LogP contribution in [-0.2, 0) is 0 Å². The molecule has 2 heteroatoms. The minimum atomic E-state index is -0.133. The van der Waals surface area contributed by atoms with Gasteiger partial charge in [-0.05, 0) is 17.3 Å². The summed E-state index contributed by atoms with van der Waals surface area (Å²) in [5.74, 6) is 0. The van der Waals surface area contributed by atoms with Gasteiger partial charge in [0, 0.05) is 0 Å². The lowest BCUT2D eigenvalue weighted by molar-refractivity contribution is 0.451. The second kappa shape index (κ2) is 9.66. The predicted octanol–water partition coefficient (Wildman–Crippen LogP) is 3.73. The van der Waals surface area contributed by atoms with Crippen molar-refractivity contribution < 1.29 is 4.39 Å². The Hall–Kier alpha value is 0.660. The number of alkyl halides is 2. The molecule has 0 bridgehead atoms. The van der Waals surface area contributed by atoms with Crippen molar-refractivity contribution in [3.63, 3.8) is 0 Å². The van der Waals surface area contributed by atoms with E-state index in [1.165, 1.54) is 30.1 Å². The molecule has 0 spiro atoms. The van der Waals surface area contributed by atoms with Gasteiger partial charge in [0.15, 0.2) is 0 Å². The molecule has 0 amide bonds. The van der Waals surface area contributed by atoms with Gasteiger partial charge in [-0.2, -0.15) is 0 Å². The van der Waals surface area contributed by atoms with E-state index in [4.69, 9.17) is 0 Å². The van der Waals surface area contributed by atoms with E-state index in [-0.39, 0.29) is 6.67 Å². The van der Waals surface area contributed by atoms with E-state index in [1.54, 1.807) is 0 Å². The maximum atomic E-state index is 11.6. The van der Waals surface area contributed by atoms with E-state index >= 15 is 0 Å². The lowest BCUT2D eigenvalue weighted by atomic mass is 10.1. The lowest BCUT2D eigenvalue weighted by Gasteiger charge is -1.96. The third-order valence-electron chi connectivity index (χ3n) is 1.52. The zero-order chi connectivity index (χ0) is 7.66. The van der Waals surface area contributed by atoms with Gasteiger partial charge in [0.25, 0.3) is 0 Å². The van der Waals surface area contributed by atoms with Crippen LogP contribution >= 0.6 is 22.6 Å². The Morgan fingerprint density at radius 3 is 1.80 bits per heavy atom. The van der Waals surface area contributed by atoms with E-state index in [0.717, 1.165) is 12.8 Å². The first kappa shape index (κ1) is 10.7. The highest BCUT2D eigenvalue weighted by Crippen LogP contribution is 2.06. The number of hydrogen-bond donors (Lipinski definition) is 0. The third kappa shape index (κ3) is 8.66. The van der Waals surface area contributed by atoms with Gasteiger partial charge in [0.05, 0.1) is 6.67 Å². The fourth-order valence-electron chi connectivity index (χ4n) is 0.896. The van der Waals surface area contributed by atoms with Gasteiger partial charge < -0.3 is 0 Å². The van der Waals surface area contributed by atoms with Crippen LogP contribution in [0.2, 0.25) is 0 Å². The van der Waals surface area contributed by atoms with Crippen LogP contribution in [0.1, 0.15) is 38.5 Å². The van der Waals surface area contributed by atoms with E-state index in [9.17, 15) is 4.39 Å². The molecule has 0 fully saturated rings. The van der Waals surface area contributed by atoms with Crippen LogP contribution in [0.25, 0.3) is 0 Å². The molecule has 0 aromatic heterocycles. The Morgan fingerprint density at radius 2 is 1.30 bits per heavy atom. The summed E-state index contributed by atoms with van der Waals surface area (Å²) in [6.45, 7) is -0.133. The number of halogens is 2. The molecule has 0 atom stereocenters. The maximum Gasteiger partial charge on any atom is 0.0894 e. The molecule has 0 aliphatic carbocycles. The summed E-state index contributed by atoms with van der Waals surface area (Å²) in [5.41, 5.74) is 0.